The Hall–Kier alpha value is -2.40. The van der Waals surface area contributed by atoms with Crippen LogP contribution in [0, 0.1) is 11.3 Å². The molecule has 80 valence electrons. The molecule has 1 heterocycles. The highest BCUT2D eigenvalue weighted by atomic mass is 14.7. The van der Waals surface area contributed by atoms with Gasteiger partial charge in [0.2, 0.25) is 0 Å². The quantitative estimate of drug-likeness (QED) is 0.634. The highest BCUT2D eigenvalue weighted by molar-refractivity contribution is 5.88. The molecular formula is C15H10N2. The van der Waals surface area contributed by atoms with Crippen LogP contribution in [-0.4, -0.2) is 4.98 Å². The van der Waals surface area contributed by atoms with Crippen molar-refractivity contribution in [1.29, 1.82) is 5.26 Å². The van der Waals surface area contributed by atoms with E-state index in [1.807, 2.05) is 36.4 Å². The van der Waals surface area contributed by atoms with Gasteiger partial charge in [-0.3, -0.25) is 0 Å². The van der Waals surface area contributed by atoms with Crippen LogP contribution in [0.5, 0.6) is 0 Å². The number of hydrogen-bond donors (Lipinski definition) is 0. The summed E-state index contributed by atoms with van der Waals surface area (Å²) >= 11 is 0. The second-order valence-corrected chi connectivity index (χ2v) is 4.02. The molecule has 1 aromatic heterocycles. The lowest BCUT2D eigenvalue weighted by molar-refractivity contribution is 1.27. The summed E-state index contributed by atoms with van der Waals surface area (Å²) in [4.78, 5) is 4.61. The van der Waals surface area contributed by atoms with Crippen molar-refractivity contribution < 1.29 is 0 Å². The van der Waals surface area contributed by atoms with E-state index >= 15 is 0 Å². The third kappa shape index (κ3) is 1.62. The molecule has 17 heavy (non-hydrogen) atoms. The van der Waals surface area contributed by atoms with Gasteiger partial charge in [-0.25, -0.2) is 4.98 Å². The van der Waals surface area contributed by atoms with Crippen molar-refractivity contribution in [2.75, 3.05) is 0 Å². The van der Waals surface area contributed by atoms with E-state index in [4.69, 9.17) is 5.26 Å². The summed E-state index contributed by atoms with van der Waals surface area (Å²) in [6, 6.07) is 12.3. The summed E-state index contributed by atoms with van der Waals surface area (Å²) < 4.78 is 0. The molecule has 0 bridgehead atoms. The minimum atomic E-state index is 0.806. The minimum Gasteiger partial charge on any atom is -0.248 e. The Balaban J connectivity index is 2.31. The smallest absolute Gasteiger partial charge is 0.0915 e. The molecule has 0 saturated heterocycles. The first kappa shape index (κ1) is 9.80. The normalized spacial score (nSPS) is 15.8. The van der Waals surface area contributed by atoms with Crippen LogP contribution in [-0.2, 0) is 0 Å². The summed E-state index contributed by atoms with van der Waals surface area (Å²) in [5.74, 6) is 0. The Kier molecular flexibility index (Phi) is 2.23. The highest BCUT2D eigenvalue weighted by Gasteiger charge is 2.12. The first-order valence-corrected chi connectivity index (χ1v) is 5.54. The number of nitriles is 1. The van der Waals surface area contributed by atoms with Gasteiger partial charge in [0.25, 0.3) is 0 Å². The third-order valence-corrected chi connectivity index (χ3v) is 2.95. The third-order valence-electron chi connectivity index (χ3n) is 2.95. The van der Waals surface area contributed by atoms with Crippen molar-refractivity contribution in [3.05, 3.63) is 53.7 Å². The molecular weight excluding hydrogens is 208 g/mol. The number of allylic oxidation sites excluding steroid dienone is 3. The molecule has 0 atom stereocenters. The Bertz CT molecular complexity index is 688. The van der Waals surface area contributed by atoms with Gasteiger partial charge in [-0.05, 0) is 30.2 Å². The van der Waals surface area contributed by atoms with E-state index in [1.165, 1.54) is 0 Å². The predicted molar refractivity (Wildman–Crippen MR) is 69.0 cm³/mol. The zero-order valence-electron chi connectivity index (χ0n) is 9.22. The Morgan fingerprint density at radius 2 is 2.18 bits per heavy atom. The van der Waals surface area contributed by atoms with Gasteiger partial charge in [0.05, 0.1) is 17.3 Å². The van der Waals surface area contributed by atoms with E-state index in [0.29, 0.717) is 0 Å². The number of hydrogen-bond acceptors (Lipinski definition) is 2. The number of nitrogens with zero attached hydrogens (tertiary/aromatic N) is 2. The molecule has 1 aliphatic rings. The maximum atomic E-state index is 8.79. The molecule has 1 aliphatic carbocycles. The molecule has 1 aromatic carbocycles. The van der Waals surface area contributed by atoms with Gasteiger partial charge in [0, 0.05) is 17.0 Å². The molecule has 0 spiro atoms. The molecule has 0 saturated carbocycles. The van der Waals surface area contributed by atoms with Crippen molar-refractivity contribution in [2.45, 2.75) is 6.42 Å². The van der Waals surface area contributed by atoms with Crippen LogP contribution in [0.1, 0.15) is 17.7 Å². The van der Waals surface area contributed by atoms with Crippen molar-refractivity contribution in [2.24, 2.45) is 0 Å². The number of benzene rings is 1. The van der Waals surface area contributed by atoms with Crippen molar-refractivity contribution in [3.8, 4) is 6.07 Å². The summed E-state index contributed by atoms with van der Waals surface area (Å²) in [7, 11) is 0. The maximum Gasteiger partial charge on any atom is 0.0915 e. The molecule has 0 unspecified atom stereocenters. The Labute approximate surface area is 99.5 Å². The zero-order chi connectivity index (χ0) is 11.7. The Morgan fingerprint density at radius 3 is 3.06 bits per heavy atom. The summed E-state index contributed by atoms with van der Waals surface area (Å²) in [6.07, 6.45) is 6.49. The van der Waals surface area contributed by atoms with Gasteiger partial charge in [-0.1, -0.05) is 24.3 Å². The molecule has 0 amide bonds. The fourth-order valence-electron chi connectivity index (χ4n) is 2.14. The largest absolute Gasteiger partial charge is 0.248 e. The van der Waals surface area contributed by atoms with Gasteiger partial charge < -0.3 is 0 Å². The first-order chi connectivity index (χ1) is 8.38. The lowest BCUT2D eigenvalue weighted by Crippen LogP contribution is -1.97. The van der Waals surface area contributed by atoms with Crippen molar-refractivity contribution >= 4 is 22.6 Å². The van der Waals surface area contributed by atoms with E-state index in [9.17, 15) is 0 Å². The average Bonchev–Trinajstić information content (AvgIpc) is 2.37. The van der Waals surface area contributed by atoms with Gasteiger partial charge >= 0.3 is 0 Å². The first-order valence-electron chi connectivity index (χ1n) is 5.54. The standard InChI is InChI=1S/C15H10N2/c16-9-8-11-5-3-7-15-13(11)10-12-4-1-2-6-14(12)17-15/h1-4,6-8,10H,5H2. The number of aromatic nitrogens is 1. The molecule has 0 N–H and O–H groups in total. The van der Waals surface area contributed by atoms with Crippen LogP contribution in [0.2, 0.25) is 0 Å². The van der Waals surface area contributed by atoms with Gasteiger partial charge in [-0.2, -0.15) is 5.26 Å². The van der Waals surface area contributed by atoms with Gasteiger partial charge in [-0.15, -0.1) is 0 Å². The maximum absolute atomic E-state index is 8.79. The second-order valence-electron chi connectivity index (χ2n) is 4.02. The van der Waals surface area contributed by atoms with E-state index in [-0.39, 0.29) is 0 Å². The number of fused-ring (bicyclic) bond motifs is 2. The number of pyridine rings is 1. The molecule has 2 heteroatoms. The molecule has 2 aromatic rings. The summed E-state index contributed by atoms with van der Waals surface area (Å²) in [6.45, 7) is 0. The fraction of sp³-hybridized carbons (Fsp3) is 0.0667. The van der Waals surface area contributed by atoms with Crippen LogP contribution in [0.4, 0.5) is 0 Å². The van der Waals surface area contributed by atoms with E-state index < -0.39 is 0 Å². The molecule has 3 rings (SSSR count). The molecule has 0 aliphatic heterocycles. The molecule has 0 fully saturated rings. The van der Waals surface area contributed by atoms with Crippen LogP contribution < -0.4 is 0 Å². The lowest BCUT2D eigenvalue weighted by Gasteiger charge is -2.13. The summed E-state index contributed by atoms with van der Waals surface area (Å²) in [5.41, 5.74) is 4.07. The number of rotatable bonds is 0. The van der Waals surface area contributed by atoms with Gasteiger partial charge in [0.15, 0.2) is 0 Å². The average molecular weight is 218 g/mol. The second kappa shape index (κ2) is 3.88. The van der Waals surface area contributed by atoms with Crippen molar-refractivity contribution in [3.63, 3.8) is 0 Å². The monoisotopic (exact) mass is 218 g/mol. The Morgan fingerprint density at radius 1 is 1.29 bits per heavy atom. The zero-order valence-corrected chi connectivity index (χ0v) is 9.22. The number of para-hydroxylation sites is 1. The van der Waals surface area contributed by atoms with Gasteiger partial charge in [0.1, 0.15) is 0 Å². The van der Waals surface area contributed by atoms with E-state index in [1.54, 1.807) is 6.08 Å². The van der Waals surface area contributed by atoms with Crippen LogP contribution in [0.3, 0.4) is 0 Å². The van der Waals surface area contributed by atoms with E-state index in [2.05, 4.69) is 17.1 Å². The molecule has 2 nitrogen and oxygen atoms in total. The van der Waals surface area contributed by atoms with Crippen molar-refractivity contribution in [1.82, 2.24) is 4.98 Å². The van der Waals surface area contributed by atoms with E-state index in [0.717, 1.165) is 34.2 Å². The van der Waals surface area contributed by atoms with Crippen LogP contribution in [0.25, 0.3) is 22.6 Å². The van der Waals surface area contributed by atoms with Crippen LogP contribution >= 0.6 is 0 Å². The lowest BCUT2D eigenvalue weighted by atomic mass is 9.94. The molecule has 0 radical (unpaired) electrons. The topological polar surface area (TPSA) is 36.7 Å². The fourth-order valence-corrected chi connectivity index (χ4v) is 2.14. The highest BCUT2D eigenvalue weighted by Crippen LogP contribution is 2.30. The SMILES string of the molecule is N#CC=C1CC=Cc2nc3ccccc3cc21. The predicted octanol–water partition coefficient (Wildman–Crippen LogP) is 3.56. The van der Waals surface area contributed by atoms with Crippen LogP contribution in [0.15, 0.2) is 42.5 Å². The summed E-state index contributed by atoms with van der Waals surface area (Å²) in [5, 5.41) is 9.90. The minimum absolute atomic E-state index is 0.806.